The van der Waals surface area contributed by atoms with Crippen LogP contribution in [0.4, 0.5) is 5.82 Å². The standard InChI is InChI=1S/C9H9BrN2O/c10-4-2-1-3-7-5-8(13)9(11)12-6-7/h5-6,13H,2,4H2,(H2,11,12). The van der Waals surface area contributed by atoms with E-state index in [4.69, 9.17) is 5.73 Å². The first kappa shape index (κ1) is 9.87. The van der Waals surface area contributed by atoms with E-state index >= 15 is 0 Å². The molecule has 1 heterocycles. The highest BCUT2D eigenvalue weighted by Crippen LogP contribution is 2.16. The molecule has 0 fully saturated rings. The summed E-state index contributed by atoms with van der Waals surface area (Å²) in [4.78, 5) is 3.77. The van der Waals surface area contributed by atoms with Gasteiger partial charge in [0.05, 0.1) is 0 Å². The highest BCUT2D eigenvalue weighted by molar-refractivity contribution is 9.09. The zero-order valence-corrected chi connectivity index (χ0v) is 8.50. The minimum atomic E-state index is -0.0226. The maximum Gasteiger partial charge on any atom is 0.165 e. The number of anilines is 1. The lowest BCUT2D eigenvalue weighted by Crippen LogP contribution is -1.90. The van der Waals surface area contributed by atoms with E-state index in [9.17, 15) is 5.11 Å². The Morgan fingerprint density at radius 3 is 3.00 bits per heavy atom. The van der Waals surface area contributed by atoms with Gasteiger partial charge in [-0.1, -0.05) is 27.8 Å². The highest BCUT2D eigenvalue weighted by Gasteiger charge is 1.96. The van der Waals surface area contributed by atoms with Gasteiger partial charge in [-0.3, -0.25) is 0 Å². The van der Waals surface area contributed by atoms with Gasteiger partial charge in [-0.25, -0.2) is 4.98 Å². The molecular formula is C9H9BrN2O. The van der Waals surface area contributed by atoms with Crippen LogP contribution in [0.1, 0.15) is 12.0 Å². The first-order chi connectivity index (χ1) is 6.24. The van der Waals surface area contributed by atoms with E-state index in [1.807, 2.05) is 0 Å². The maximum absolute atomic E-state index is 9.19. The smallest absolute Gasteiger partial charge is 0.165 e. The first-order valence-electron chi connectivity index (χ1n) is 3.73. The molecule has 3 nitrogen and oxygen atoms in total. The Morgan fingerprint density at radius 1 is 1.62 bits per heavy atom. The van der Waals surface area contributed by atoms with Crippen molar-refractivity contribution in [2.75, 3.05) is 11.1 Å². The van der Waals surface area contributed by atoms with Crippen LogP contribution >= 0.6 is 15.9 Å². The molecule has 0 aliphatic carbocycles. The Labute approximate surface area is 85.1 Å². The van der Waals surface area contributed by atoms with Crippen LogP contribution in [0.25, 0.3) is 0 Å². The molecule has 0 aliphatic heterocycles. The first-order valence-corrected chi connectivity index (χ1v) is 4.85. The van der Waals surface area contributed by atoms with Gasteiger partial charge in [0.2, 0.25) is 0 Å². The molecule has 1 rings (SSSR count). The molecular weight excluding hydrogens is 232 g/mol. The third kappa shape index (κ3) is 2.96. The van der Waals surface area contributed by atoms with E-state index in [1.54, 1.807) is 0 Å². The minimum absolute atomic E-state index is 0.0226. The molecule has 68 valence electrons. The number of halogens is 1. The quantitative estimate of drug-likeness (QED) is 0.578. The third-order valence-electron chi connectivity index (χ3n) is 1.35. The van der Waals surface area contributed by atoms with E-state index in [1.165, 1.54) is 12.3 Å². The normalized spacial score (nSPS) is 9.00. The molecule has 13 heavy (non-hydrogen) atoms. The molecule has 0 unspecified atom stereocenters. The van der Waals surface area contributed by atoms with E-state index in [0.717, 1.165) is 11.8 Å². The number of aromatic hydroxyl groups is 1. The van der Waals surface area contributed by atoms with Crippen LogP contribution in [-0.4, -0.2) is 15.4 Å². The molecule has 0 amide bonds. The van der Waals surface area contributed by atoms with Crippen LogP contribution in [0.3, 0.4) is 0 Å². The summed E-state index contributed by atoms with van der Waals surface area (Å²) in [5.41, 5.74) is 6.00. The number of hydrogen-bond acceptors (Lipinski definition) is 3. The Kier molecular flexibility index (Phi) is 3.59. The third-order valence-corrected chi connectivity index (χ3v) is 1.75. The fraction of sp³-hybridized carbons (Fsp3) is 0.222. The molecule has 4 heteroatoms. The van der Waals surface area contributed by atoms with Gasteiger partial charge >= 0.3 is 0 Å². The second-order valence-electron chi connectivity index (χ2n) is 2.37. The fourth-order valence-electron chi connectivity index (χ4n) is 0.744. The summed E-state index contributed by atoms with van der Waals surface area (Å²) in [5.74, 6) is 5.87. The molecule has 0 aliphatic rings. The molecule has 0 atom stereocenters. The number of alkyl halides is 1. The van der Waals surface area contributed by atoms with E-state index in [-0.39, 0.29) is 11.6 Å². The van der Waals surface area contributed by atoms with Gasteiger partial charge in [0.1, 0.15) is 0 Å². The van der Waals surface area contributed by atoms with Crippen molar-refractivity contribution in [3.63, 3.8) is 0 Å². The van der Waals surface area contributed by atoms with E-state index in [0.29, 0.717) is 5.56 Å². The van der Waals surface area contributed by atoms with Crippen LogP contribution in [0, 0.1) is 11.8 Å². The lowest BCUT2D eigenvalue weighted by Gasteiger charge is -1.96. The number of nitrogen functional groups attached to an aromatic ring is 1. The van der Waals surface area contributed by atoms with Gasteiger partial charge in [-0.05, 0) is 0 Å². The molecule has 1 aromatic rings. The van der Waals surface area contributed by atoms with Crippen molar-refractivity contribution in [1.82, 2.24) is 4.98 Å². The second kappa shape index (κ2) is 4.73. The number of hydrogen-bond donors (Lipinski definition) is 2. The lowest BCUT2D eigenvalue weighted by atomic mass is 10.2. The number of nitrogens with zero attached hydrogens (tertiary/aromatic N) is 1. The monoisotopic (exact) mass is 240 g/mol. The van der Waals surface area contributed by atoms with Gasteiger partial charge in [0.25, 0.3) is 0 Å². The van der Waals surface area contributed by atoms with Gasteiger partial charge in [-0.15, -0.1) is 0 Å². The molecule has 0 radical (unpaired) electrons. The maximum atomic E-state index is 9.19. The van der Waals surface area contributed by atoms with Crippen molar-refractivity contribution in [2.24, 2.45) is 0 Å². The van der Waals surface area contributed by atoms with E-state index in [2.05, 4.69) is 32.8 Å². The zero-order valence-electron chi connectivity index (χ0n) is 6.92. The van der Waals surface area contributed by atoms with Gasteiger partial charge in [0.15, 0.2) is 11.6 Å². The van der Waals surface area contributed by atoms with Crippen molar-refractivity contribution >= 4 is 21.7 Å². The van der Waals surface area contributed by atoms with Crippen molar-refractivity contribution in [3.8, 4) is 17.6 Å². The van der Waals surface area contributed by atoms with Crippen molar-refractivity contribution in [3.05, 3.63) is 17.8 Å². The Bertz CT molecular complexity index is 354. The predicted octanol–water partition coefficient (Wildman–Crippen LogP) is 1.51. The predicted molar refractivity (Wildman–Crippen MR) is 55.6 cm³/mol. The largest absolute Gasteiger partial charge is 0.504 e. The number of pyridine rings is 1. The molecule has 1 aromatic heterocycles. The van der Waals surface area contributed by atoms with Crippen LogP contribution in [-0.2, 0) is 0 Å². The summed E-state index contributed by atoms with van der Waals surface area (Å²) in [6.07, 6.45) is 2.31. The van der Waals surface area contributed by atoms with Crippen LogP contribution < -0.4 is 5.73 Å². The fourth-order valence-corrected chi connectivity index (χ4v) is 0.942. The topological polar surface area (TPSA) is 59.1 Å². The number of rotatable bonds is 1. The van der Waals surface area contributed by atoms with Gasteiger partial charge in [-0.2, -0.15) is 0 Å². The summed E-state index contributed by atoms with van der Waals surface area (Å²) >= 11 is 3.26. The number of nitrogens with two attached hydrogens (primary N) is 1. The Morgan fingerprint density at radius 2 is 2.38 bits per heavy atom. The van der Waals surface area contributed by atoms with Crippen LogP contribution in [0.2, 0.25) is 0 Å². The lowest BCUT2D eigenvalue weighted by molar-refractivity contribution is 0.475. The van der Waals surface area contributed by atoms with Gasteiger partial charge in [0, 0.05) is 29.6 Å². The summed E-state index contributed by atoms with van der Waals surface area (Å²) in [6, 6.07) is 1.50. The molecule has 0 aromatic carbocycles. The minimum Gasteiger partial charge on any atom is -0.504 e. The van der Waals surface area contributed by atoms with Crippen molar-refractivity contribution in [1.29, 1.82) is 0 Å². The zero-order chi connectivity index (χ0) is 9.68. The summed E-state index contributed by atoms with van der Waals surface area (Å²) in [7, 11) is 0. The summed E-state index contributed by atoms with van der Waals surface area (Å²) < 4.78 is 0. The molecule has 0 saturated carbocycles. The Hall–Kier alpha value is -1.21. The SMILES string of the molecule is Nc1ncc(C#CCCBr)cc1O. The Balaban J connectivity index is 2.81. The van der Waals surface area contributed by atoms with E-state index < -0.39 is 0 Å². The average molecular weight is 241 g/mol. The molecule has 0 bridgehead atoms. The van der Waals surface area contributed by atoms with Crippen molar-refractivity contribution in [2.45, 2.75) is 6.42 Å². The summed E-state index contributed by atoms with van der Waals surface area (Å²) in [5, 5.41) is 10.0. The van der Waals surface area contributed by atoms with Gasteiger partial charge < -0.3 is 10.8 Å². The second-order valence-corrected chi connectivity index (χ2v) is 3.16. The van der Waals surface area contributed by atoms with Crippen LogP contribution in [0.15, 0.2) is 12.3 Å². The summed E-state index contributed by atoms with van der Waals surface area (Å²) in [6.45, 7) is 0. The highest BCUT2D eigenvalue weighted by atomic mass is 79.9. The molecule has 0 spiro atoms. The van der Waals surface area contributed by atoms with Crippen LogP contribution in [0.5, 0.6) is 5.75 Å². The molecule has 3 N–H and O–H groups in total. The number of aromatic nitrogens is 1. The average Bonchev–Trinajstić information content (AvgIpc) is 2.12. The molecule has 0 saturated heterocycles. The van der Waals surface area contributed by atoms with Crippen molar-refractivity contribution < 1.29 is 5.11 Å².